The Labute approximate surface area is 127 Å². The number of nitro benzene ring substituents is 1. The molecule has 0 aliphatic heterocycles. The third-order valence-corrected chi connectivity index (χ3v) is 3.29. The molecule has 6 heteroatoms. The minimum atomic E-state index is -0.506. The van der Waals surface area contributed by atoms with Crippen molar-refractivity contribution >= 4 is 17.3 Å². The number of nitrogens with zero attached hydrogens (tertiary/aromatic N) is 1. The van der Waals surface area contributed by atoms with Crippen molar-refractivity contribution in [3.05, 3.63) is 62.7 Å². The van der Waals surface area contributed by atoms with E-state index < -0.39 is 4.92 Å². The van der Waals surface area contributed by atoms with Crippen LogP contribution in [0.4, 0.5) is 5.69 Å². The van der Waals surface area contributed by atoms with E-state index in [1.807, 2.05) is 32.2 Å². The van der Waals surface area contributed by atoms with Crippen molar-refractivity contribution < 1.29 is 9.66 Å². The number of hydrogen-bond acceptors (Lipinski definition) is 4. The van der Waals surface area contributed by atoms with Crippen LogP contribution in [0.25, 0.3) is 0 Å². The van der Waals surface area contributed by atoms with E-state index in [1.165, 1.54) is 12.1 Å². The lowest BCUT2D eigenvalue weighted by atomic mass is 10.1. The first kappa shape index (κ1) is 15.3. The van der Waals surface area contributed by atoms with E-state index in [9.17, 15) is 10.1 Å². The molecular weight excluding hydrogens is 292 g/mol. The summed E-state index contributed by atoms with van der Waals surface area (Å²) in [5, 5.41) is 14.3. The van der Waals surface area contributed by atoms with E-state index in [-0.39, 0.29) is 16.5 Å². The lowest BCUT2D eigenvalue weighted by Gasteiger charge is -2.12. The molecule has 0 bridgehead atoms. The molecule has 21 heavy (non-hydrogen) atoms. The molecule has 5 nitrogen and oxygen atoms in total. The minimum absolute atomic E-state index is 0.0638. The maximum absolute atomic E-state index is 11.1. The zero-order chi connectivity index (χ0) is 15.4. The molecule has 0 radical (unpaired) electrons. The Morgan fingerprint density at radius 1 is 1.33 bits per heavy atom. The largest absolute Gasteiger partial charge is 0.448 e. The highest BCUT2D eigenvalue weighted by molar-refractivity contribution is 6.32. The summed E-state index contributed by atoms with van der Waals surface area (Å²) in [6, 6.07) is 10.2. The summed E-state index contributed by atoms with van der Waals surface area (Å²) in [5.41, 5.74) is 1.75. The van der Waals surface area contributed by atoms with Crippen molar-refractivity contribution in [3.63, 3.8) is 0 Å². The van der Waals surface area contributed by atoms with Crippen LogP contribution < -0.4 is 10.1 Å². The Bertz CT molecular complexity index is 674. The molecule has 0 amide bonds. The second-order valence-corrected chi connectivity index (χ2v) is 4.98. The number of nitro groups is 1. The molecule has 0 saturated heterocycles. The van der Waals surface area contributed by atoms with Crippen molar-refractivity contribution in [3.8, 4) is 11.5 Å². The van der Waals surface area contributed by atoms with E-state index in [0.29, 0.717) is 12.3 Å². The van der Waals surface area contributed by atoms with Crippen LogP contribution in [0.2, 0.25) is 5.02 Å². The average Bonchev–Trinajstić information content (AvgIpc) is 2.44. The van der Waals surface area contributed by atoms with E-state index in [0.717, 1.165) is 11.1 Å². The maximum atomic E-state index is 11.1. The summed E-state index contributed by atoms with van der Waals surface area (Å²) in [7, 11) is 1.85. The molecular formula is C15H15ClN2O3. The topological polar surface area (TPSA) is 64.4 Å². The fourth-order valence-electron chi connectivity index (χ4n) is 1.92. The summed E-state index contributed by atoms with van der Waals surface area (Å²) in [4.78, 5) is 10.6. The summed E-state index contributed by atoms with van der Waals surface area (Å²) < 4.78 is 5.72. The highest BCUT2D eigenvalue weighted by Crippen LogP contribution is 2.38. The van der Waals surface area contributed by atoms with Crippen molar-refractivity contribution in [1.82, 2.24) is 5.32 Å². The van der Waals surface area contributed by atoms with Gasteiger partial charge in [0.2, 0.25) is 5.75 Å². The van der Waals surface area contributed by atoms with E-state index in [2.05, 4.69) is 5.32 Å². The van der Waals surface area contributed by atoms with Gasteiger partial charge in [-0.05, 0) is 37.2 Å². The second-order valence-electron chi connectivity index (χ2n) is 4.58. The van der Waals surface area contributed by atoms with Crippen molar-refractivity contribution in [2.75, 3.05) is 7.05 Å². The third-order valence-electron chi connectivity index (χ3n) is 2.99. The molecule has 2 aromatic carbocycles. The number of hydrogen-bond donors (Lipinski definition) is 1. The van der Waals surface area contributed by atoms with Gasteiger partial charge in [0.25, 0.3) is 0 Å². The van der Waals surface area contributed by atoms with Crippen LogP contribution in [-0.4, -0.2) is 12.0 Å². The average molecular weight is 307 g/mol. The molecule has 0 spiro atoms. The Morgan fingerprint density at radius 2 is 2.10 bits per heavy atom. The lowest BCUT2D eigenvalue weighted by Crippen LogP contribution is -2.05. The van der Waals surface area contributed by atoms with Gasteiger partial charge in [0.15, 0.2) is 0 Å². The molecule has 0 saturated carbocycles. The Hall–Kier alpha value is -2.11. The number of rotatable bonds is 5. The summed E-state index contributed by atoms with van der Waals surface area (Å²) >= 11 is 6.03. The van der Waals surface area contributed by atoms with Crippen LogP contribution in [-0.2, 0) is 6.54 Å². The quantitative estimate of drug-likeness (QED) is 0.668. The third kappa shape index (κ3) is 3.51. The smallest absolute Gasteiger partial charge is 0.313 e. The molecule has 0 fully saturated rings. The Morgan fingerprint density at radius 3 is 2.76 bits per heavy atom. The molecule has 0 unspecified atom stereocenters. The van der Waals surface area contributed by atoms with E-state index in [1.54, 1.807) is 6.07 Å². The number of halogens is 1. The van der Waals surface area contributed by atoms with Crippen LogP contribution in [0.1, 0.15) is 11.1 Å². The predicted octanol–water partition coefficient (Wildman–Crippen LogP) is 4.07. The van der Waals surface area contributed by atoms with Crippen molar-refractivity contribution in [1.29, 1.82) is 0 Å². The summed E-state index contributed by atoms with van der Waals surface area (Å²) in [5.74, 6) is 0.618. The molecule has 0 heterocycles. The lowest BCUT2D eigenvalue weighted by molar-refractivity contribution is -0.385. The minimum Gasteiger partial charge on any atom is -0.448 e. The normalized spacial score (nSPS) is 10.4. The van der Waals surface area contributed by atoms with Crippen LogP contribution in [0, 0.1) is 17.0 Å². The SMILES string of the molecule is CNCc1ccc(C)c(Oc2c(Cl)cccc2[N+](=O)[O-])c1. The van der Waals surface area contributed by atoms with Gasteiger partial charge in [-0.2, -0.15) is 0 Å². The molecule has 0 aliphatic rings. The summed E-state index contributed by atoms with van der Waals surface area (Å²) in [6.07, 6.45) is 0. The summed E-state index contributed by atoms with van der Waals surface area (Å²) in [6.45, 7) is 2.56. The van der Waals surface area contributed by atoms with Gasteiger partial charge < -0.3 is 10.1 Å². The number of para-hydroxylation sites is 1. The van der Waals surface area contributed by atoms with Gasteiger partial charge >= 0.3 is 5.69 Å². The standard InChI is InChI=1S/C15H15ClN2O3/c1-10-6-7-11(9-17-2)8-14(10)21-15-12(16)4-3-5-13(15)18(19)20/h3-8,17H,9H2,1-2H3. The van der Waals surface area contributed by atoms with Gasteiger partial charge in [-0.3, -0.25) is 10.1 Å². The van der Waals surface area contributed by atoms with Gasteiger partial charge in [-0.1, -0.05) is 29.8 Å². The Balaban J connectivity index is 2.42. The highest BCUT2D eigenvalue weighted by atomic mass is 35.5. The van der Waals surface area contributed by atoms with Gasteiger partial charge in [0, 0.05) is 12.6 Å². The number of ether oxygens (including phenoxy) is 1. The van der Waals surface area contributed by atoms with Crippen LogP contribution >= 0.6 is 11.6 Å². The molecule has 0 aliphatic carbocycles. The zero-order valence-corrected chi connectivity index (χ0v) is 12.5. The first-order chi connectivity index (χ1) is 10.0. The maximum Gasteiger partial charge on any atom is 0.313 e. The molecule has 2 rings (SSSR count). The van der Waals surface area contributed by atoms with Gasteiger partial charge in [-0.25, -0.2) is 0 Å². The molecule has 1 N–H and O–H groups in total. The monoisotopic (exact) mass is 306 g/mol. The fraction of sp³-hybridized carbons (Fsp3) is 0.200. The first-order valence-electron chi connectivity index (χ1n) is 6.38. The van der Waals surface area contributed by atoms with Crippen molar-refractivity contribution in [2.45, 2.75) is 13.5 Å². The predicted molar refractivity (Wildman–Crippen MR) is 82.1 cm³/mol. The van der Waals surface area contributed by atoms with Gasteiger partial charge in [0.05, 0.1) is 9.95 Å². The van der Waals surface area contributed by atoms with Crippen molar-refractivity contribution in [2.24, 2.45) is 0 Å². The van der Waals surface area contributed by atoms with E-state index >= 15 is 0 Å². The second kappa shape index (κ2) is 6.56. The van der Waals surface area contributed by atoms with Gasteiger partial charge in [-0.15, -0.1) is 0 Å². The van der Waals surface area contributed by atoms with Crippen LogP contribution in [0.5, 0.6) is 11.5 Å². The molecule has 0 aromatic heterocycles. The van der Waals surface area contributed by atoms with Crippen LogP contribution in [0.15, 0.2) is 36.4 Å². The fourth-order valence-corrected chi connectivity index (χ4v) is 2.13. The number of benzene rings is 2. The zero-order valence-electron chi connectivity index (χ0n) is 11.7. The Kier molecular flexibility index (Phi) is 4.77. The van der Waals surface area contributed by atoms with Gasteiger partial charge in [0.1, 0.15) is 5.75 Å². The first-order valence-corrected chi connectivity index (χ1v) is 6.75. The number of nitrogens with one attached hydrogen (secondary N) is 1. The molecule has 2 aromatic rings. The highest BCUT2D eigenvalue weighted by Gasteiger charge is 2.19. The number of aryl methyl sites for hydroxylation is 1. The van der Waals surface area contributed by atoms with E-state index in [4.69, 9.17) is 16.3 Å². The molecule has 0 atom stereocenters. The van der Waals surface area contributed by atoms with Crippen LogP contribution in [0.3, 0.4) is 0 Å². The molecule has 110 valence electrons.